The van der Waals surface area contributed by atoms with E-state index < -0.39 is 11.6 Å². The summed E-state index contributed by atoms with van der Waals surface area (Å²) in [7, 11) is 0. The van der Waals surface area contributed by atoms with Crippen LogP contribution in [-0.2, 0) is 0 Å². The highest BCUT2D eigenvalue weighted by molar-refractivity contribution is 6.49. The van der Waals surface area contributed by atoms with Crippen LogP contribution < -0.4 is 4.74 Å². The second-order valence-electron chi connectivity index (χ2n) is 6.92. The molecule has 2 aromatic carbocycles. The molecule has 0 saturated heterocycles. The number of unbranched alkanes of at least 4 members (excludes halogenated alkanes) is 7. The Labute approximate surface area is 168 Å². The summed E-state index contributed by atoms with van der Waals surface area (Å²) in [5, 5.41) is 0. The van der Waals surface area contributed by atoms with E-state index in [0.29, 0.717) is 11.3 Å². The minimum absolute atomic E-state index is 0.289. The molecule has 2 aromatic rings. The van der Waals surface area contributed by atoms with Gasteiger partial charge in [-0.1, -0.05) is 87.9 Å². The van der Waals surface area contributed by atoms with Crippen LogP contribution in [0.3, 0.4) is 0 Å². The largest absolute Gasteiger partial charge is 0.465 e. The Hall–Kier alpha value is -2.68. The number of para-hydroxylation sites is 1. The molecule has 0 spiro atoms. The molecule has 3 nitrogen and oxygen atoms in total. The number of ether oxygens (including phenoxy) is 1. The van der Waals surface area contributed by atoms with Gasteiger partial charge < -0.3 is 4.74 Å². The van der Waals surface area contributed by atoms with E-state index in [1.165, 1.54) is 38.5 Å². The third-order valence-corrected chi connectivity index (χ3v) is 4.64. The van der Waals surface area contributed by atoms with Gasteiger partial charge in [-0.05, 0) is 31.1 Å². The third kappa shape index (κ3) is 7.15. The molecule has 0 aromatic heterocycles. The molecule has 0 N–H and O–H groups in total. The Bertz CT molecular complexity index is 762. The second-order valence-corrected chi connectivity index (χ2v) is 6.92. The summed E-state index contributed by atoms with van der Waals surface area (Å²) < 4.78 is 5.65. The van der Waals surface area contributed by atoms with E-state index in [1.54, 1.807) is 54.8 Å². The molecule has 0 fully saturated rings. The molecule has 0 unspecified atom stereocenters. The van der Waals surface area contributed by atoms with Crippen molar-refractivity contribution in [3.8, 4) is 5.75 Å². The molecule has 0 aliphatic heterocycles. The van der Waals surface area contributed by atoms with E-state index in [-0.39, 0.29) is 5.56 Å². The maximum atomic E-state index is 12.6. The van der Waals surface area contributed by atoms with Crippen molar-refractivity contribution in [2.75, 3.05) is 0 Å². The van der Waals surface area contributed by atoms with E-state index in [0.717, 1.165) is 12.8 Å². The molecule has 0 amide bonds. The Morgan fingerprint density at radius 2 is 1.43 bits per heavy atom. The predicted octanol–water partition coefficient (Wildman–Crippen LogP) is 6.79. The van der Waals surface area contributed by atoms with Gasteiger partial charge in [0, 0.05) is 5.56 Å². The second kappa shape index (κ2) is 12.7. The number of Topliss-reactive ketones (excluding diaryl/α,β-unsaturated/α-hetero) is 2. The van der Waals surface area contributed by atoms with E-state index in [1.807, 2.05) is 12.1 Å². The number of carbonyl (C=O) groups excluding carboxylic acids is 2. The summed E-state index contributed by atoms with van der Waals surface area (Å²) in [4.78, 5) is 25.0. The Morgan fingerprint density at radius 1 is 0.786 bits per heavy atom. The lowest BCUT2D eigenvalue weighted by Gasteiger charge is -2.07. The zero-order chi connectivity index (χ0) is 20.0. The van der Waals surface area contributed by atoms with Gasteiger partial charge in [0.25, 0.3) is 0 Å². The van der Waals surface area contributed by atoms with Crippen LogP contribution in [-0.4, -0.2) is 11.6 Å². The first-order chi connectivity index (χ1) is 13.7. The van der Waals surface area contributed by atoms with E-state index in [2.05, 4.69) is 6.92 Å². The minimum Gasteiger partial charge on any atom is -0.465 e. The smallest absolute Gasteiger partial charge is 0.237 e. The number of allylic oxidation sites excluding steroid dienone is 1. The maximum absolute atomic E-state index is 12.6. The molecule has 0 radical (unpaired) electrons. The maximum Gasteiger partial charge on any atom is 0.237 e. The normalized spacial score (nSPS) is 10.9. The summed E-state index contributed by atoms with van der Waals surface area (Å²) in [6, 6.07) is 15.5. The number of hydrogen-bond donors (Lipinski definition) is 0. The minimum atomic E-state index is -0.553. The lowest BCUT2D eigenvalue weighted by Crippen LogP contribution is -2.15. The lowest BCUT2D eigenvalue weighted by atomic mass is 10.0. The number of rotatable bonds is 13. The Balaban J connectivity index is 1.83. The molecule has 0 bridgehead atoms. The van der Waals surface area contributed by atoms with Crippen LogP contribution in [0.2, 0.25) is 0 Å². The SMILES string of the molecule is CCCCCCCCC/C=C/Oc1ccccc1C(=O)C(=O)c1ccccc1. The van der Waals surface area contributed by atoms with E-state index in [4.69, 9.17) is 4.74 Å². The van der Waals surface area contributed by atoms with Crippen molar-refractivity contribution in [3.05, 3.63) is 78.1 Å². The molecule has 148 valence electrons. The van der Waals surface area contributed by atoms with Crippen molar-refractivity contribution in [1.82, 2.24) is 0 Å². The Kier molecular flexibility index (Phi) is 9.78. The molecular weight excluding hydrogens is 348 g/mol. The number of benzene rings is 2. The van der Waals surface area contributed by atoms with Crippen LogP contribution >= 0.6 is 0 Å². The van der Waals surface area contributed by atoms with Crippen molar-refractivity contribution in [2.24, 2.45) is 0 Å². The number of carbonyl (C=O) groups is 2. The highest BCUT2D eigenvalue weighted by Crippen LogP contribution is 2.21. The first-order valence-corrected chi connectivity index (χ1v) is 10.3. The van der Waals surface area contributed by atoms with Gasteiger partial charge in [0.2, 0.25) is 11.6 Å². The van der Waals surface area contributed by atoms with Crippen molar-refractivity contribution in [1.29, 1.82) is 0 Å². The number of ketones is 2. The lowest BCUT2D eigenvalue weighted by molar-refractivity contribution is 0.0815. The highest BCUT2D eigenvalue weighted by Gasteiger charge is 2.21. The fraction of sp³-hybridized carbons (Fsp3) is 0.360. The molecule has 0 aliphatic carbocycles. The van der Waals surface area contributed by atoms with Crippen molar-refractivity contribution < 1.29 is 14.3 Å². The van der Waals surface area contributed by atoms with Gasteiger partial charge in [0.15, 0.2) is 0 Å². The Morgan fingerprint density at radius 3 is 2.18 bits per heavy atom. The van der Waals surface area contributed by atoms with Crippen LogP contribution in [0.5, 0.6) is 5.75 Å². The average Bonchev–Trinajstić information content (AvgIpc) is 2.75. The van der Waals surface area contributed by atoms with Crippen molar-refractivity contribution in [3.63, 3.8) is 0 Å². The van der Waals surface area contributed by atoms with Gasteiger partial charge in [-0.25, -0.2) is 0 Å². The first-order valence-electron chi connectivity index (χ1n) is 10.3. The van der Waals surface area contributed by atoms with Gasteiger partial charge in [0.05, 0.1) is 11.8 Å². The monoisotopic (exact) mass is 378 g/mol. The van der Waals surface area contributed by atoms with E-state index >= 15 is 0 Å². The van der Waals surface area contributed by atoms with Gasteiger partial charge in [-0.2, -0.15) is 0 Å². The molecule has 0 aliphatic rings. The average molecular weight is 379 g/mol. The molecule has 28 heavy (non-hydrogen) atoms. The quantitative estimate of drug-likeness (QED) is 0.167. The molecule has 2 rings (SSSR count). The summed E-state index contributed by atoms with van der Waals surface area (Å²) >= 11 is 0. The molecule has 0 atom stereocenters. The zero-order valence-electron chi connectivity index (χ0n) is 16.7. The van der Waals surface area contributed by atoms with E-state index in [9.17, 15) is 9.59 Å². The van der Waals surface area contributed by atoms with Crippen LogP contribution in [0.25, 0.3) is 0 Å². The van der Waals surface area contributed by atoms with Crippen molar-refractivity contribution in [2.45, 2.75) is 58.3 Å². The standard InChI is InChI=1S/C25H30O3/c1-2-3-4-5-6-7-8-9-15-20-28-23-19-14-13-18-22(23)25(27)24(26)21-16-11-10-12-17-21/h10-20H,2-9H2,1H3/b20-15+. The predicted molar refractivity (Wildman–Crippen MR) is 114 cm³/mol. The van der Waals surface area contributed by atoms with Crippen LogP contribution in [0.15, 0.2) is 66.9 Å². The summed E-state index contributed by atoms with van der Waals surface area (Å²) in [6.45, 7) is 2.23. The summed E-state index contributed by atoms with van der Waals surface area (Å²) in [5.74, 6) is -0.668. The van der Waals surface area contributed by atoms with Gasteiger partial charge in [-0.15, -0.1) is 0 Å². The third-order valence-electron chi connectivity index (χ3n) is 4.64. The fourth-order valence-electron chi connectivity index (χ4n) is 3.01. The number of hydrogen-bond acceptors (Lipinski definition) is 3. The summed E-state index contributed by atoms with van der Waals surface area (Å²) in [5.41, 5.74) is 0.675. The molecular formula is C25H30O3. The highest BCUT2D eigenvalue weighted by atomic mass is 16.5. The molecule has 0 saturated carbocycles. The van der Waals surface area contributed by atoms with Gasteiger partial charge in [-0.3, -0.25) is 9.59 Å². The molecule has 3 heteroatoms. The van der Waals surface area contributed by atoms with Crippen LogP contribution in [0.4, 0.5) is 0 Å². The van der Waals surface area contributed by atoms with Crippen molar-refractivity contribution >= 4 is 11.6 Å². The summed E-state index contributed by atoms with van der Waals surface area (Å²) in [6.07, 6.45) is 13.5. The first kappa shape index (κ1) is 21.6. The van der Waals surface area contributed by atoms with Crippen LogP contribution in [0.1, 0.15) is 79.0 Å². The molecule has 0 heterocycles. The van der Waals surface area contributed by atoms with Gasteiger partial charge >= 0.3 is 0 Å². The van der Waals surface area contributed by atoms with Gasteiger partial charge in [0.1, 0.15) is 5.75 Å². The zero-order valence-corrected chi connectivity index (χ0v) is 16.7. The fourth-order valence-corrected chi connectivity index (χ4v) is 3.01. The van der Waals surface area contributed by atoms with Crippen LogP contribution in [0, 0.1) is 0 Å². The topological polar surface area (TPSA) is 43.4 Å².